The molecule has 0 aromatic heterocycles. The molecule has 1 heterocycles. The molecule has 1 amide bonds. The van der Waals surface area contributed by atoms with E-state index in [1.165, 1.54) is 6.08 Å². The summed E-state index contributed by atoms with van der Waals surface area (Å²) in [5.41, 5.74) is 1.81. The summed E-state index contributed by atoms with van der Waals surface area (Å²) < 4.78 is 18.2. The van der Waals surface area contributed by atoms with Crippen LogP contribution < -0.4 is 19.5 Å². The van der Waals surface area contributed by atoms with Crippen molar-refractivity contribution in [2.24, 2.45) is 0 Å². The predicted octanol–water partition coefficient (Wildman–Crippen LogP) is 7.21. The summed E-state index contributed by atoms with van der Waals surface area (Å²) in [6.07, 6.45) is 1.49. The normalized spacial score (nSPS) is 12.3. The van der Waals surface area contributed by atoms with E-state index in [1.54, 1.807) is 24.3 Å². The van der Waals surface area contributed by atoms with Crippen molar-refractivity contribution in [1.82, 2.24) is 0 Å². The molecule has 34 heavy (non-hydrogen) atoms. The average Bonchev–Trinajstić information content (AvgIpc) is 3.28. The quantitative estimate of drug-likeness (QED) is 0.170. The van der Waals surface area contributed by atoms with Crippen LogP contribution in [0.3, 0.4) is 0 Å². The number of benzene rings is 3. The number of fused-ring (bicyclic) bond motifs is 1. The zero-order valence-corrected chi connectivity index (χ0v) is 22.5. The monoisotopic (exact) mass is 670 g/mol. The minimum atomic E-state index is -0.596. The summed E-state index contributed by atoms with van der Waals surface area (Å²) in [5, 5.41) is 12.7. The predicted molar refractivity (Wildman–Crippen MR) is 142 cm³/mol. The first-order valence-electron chi connectivity index (χ1n) is 9.73. The molecule has 0 atom stereocenters. The summed E-state index contributed by atoms with van der Waals surface area (Å²) in [5.74, 6) is 1.45. The first kappa shape index (κ1) is 24.7. The maximum Gasteiger partial charge on any atom is 0.266 e. The Morgan fingerprint density at radius 1 is 1.21 bits per heavy atom. The molecule has 0 saturated heterocycles. The van der Waals surface area contributed by atoms with Crippen LogP contribution in [0.15, 0.2) is 58.6 Å². The molecule has 0 spiro atoms. The van der Waals surface area contributed by atoms with Gasteiger partial charge in [0.15, 0.2) is 11.5 Å². The number of nitrogens with one attached hydrogen (secondary N) is 1. The van der Waals surface area contributed by atoms with E-state index in [9.17, 15) is 10.1 Å². The van der Waals surface area contributed by atoms with Gasteiger partial charge in [0.1, 0.15) is 24.0 Å². The van der Waals surface area contributed by atoms with Crippen molar-refractivity contribution in [2.45, 2.75) is 6.61 Å². The second-order valence-corrected chi connectivity index (χ2v) is 9.82. The van der Waals surface area contributed by atoms with Crippen molar-refractivity contribution in [3.05, 3.63) is 83.3 Å². The standard InChI is InChI=1S/C24H14BrCl2IN2O4/c25-16-7-14(6-15(10-29)24(31)30-19-3-1-2-17(26)22(19)27)8-18(28)23(16)32-11-13-4-5-20-21(9-13)34-12-33-20/h1-9H,11-12H2,(H,30,31)/b15-6-. The molecule has 1 aliphatic rings. The molecule has 10 heteroatoms. The van der Waals surface area contributed by atoms with Crippen LogP contribution in [0.5, 0.6) is 17.2 Å². The molecule has 0 saturated carbocycles. The summed E-state index contributed by atoms with van der Waals surface area (Å²) in [7, 11) is 0. The SMILES string of the molecule is N#C/C(=C/c1cc(Br)c(OCc2ccc3c(c2)OCO3)c(I)c1)C(=O)Nc1cccc(Cl)c1Cl. The van der Waals surface area contributed by atoms with Gasteiger partial charge in [-0.2, -0.15) is 5.26 Å². The van der Waals surface area contributed by atoms with Crippen molar-refractivity contribution in [1.29, 1.82) is 5.26 Å². The molecule has 3 aromatic rings. The highest BCUT2D eigenvalue weighted by Gasteiger charge is 2.16. The van der Waals surface area contributed by atoms with E-state index < -0.39 is 5.91 Å². The van der Waals surface area contributed by atoms with Crippen molar-refractivity contribution in [3.8, 4) is 23.3 Å². The van der Waals surface area contributed by atoms with Crippen molar-refractivity contribution >= 4 is 79.4 Å². The van der Waals surface area contributed by atoms with Gasteiger partial charge in [0.25, 0.3) is 5.91 Å². The molecule has 0 radical (unpaired) electrons. The van der Waals surface area contributed by atoms with Crippen molar-refractivity contribution in [3.63, 3.8) is 0 Å². The van der Waals surface area contributed by atoms with Crippen LogP contribution in [0.4, 0.5) is 5.69 Å². The Balaban J connectivity index is 1.50. The second kappa shape index (κ2) is 10.9. The first-order chi connectivity index (χ1) is 16.4. The Kier molecular flexibility index (Phi) is 7.88. The molecule has 1 aliphatic heterocycles. The molecule has 1 N–H and O–H groups in total. The summed E-state index contributed by atoms with van der Waals surface area (Å²) >= 11 is 17.8. The minimum Gasteiger partial charge on any atom is -0.487 e. The Morgan fingerprint density at radius 3 is 2.76 bits per heavy atom. The molecular formula is C24H14BrCl2IN2O4. The van der Waals surface area contributed by atoms with Crippen LogP contribution >= 0.6 is 61.7 Å². The first-order valence-corrected chi connectivity index (χ1v) is 12.4. The van der Waals surface area contributed by atoms with Gasteiger partial charge < -0.3 is 19.5 Å². The van der Waals surface area contributed by atoms with E-state index in [-0.39, 0.29) is 17.4 Å². The van der Waals surface area contributed by atoms with Gasteiger partial charge in [0, 0.05) is 0 Å². The molecule has 0 bridgehead atoms. The number of anilines is 1. The fourth-order valence-electron chi connectivity index (χ4n) is 3.09. The zero-order chi connectivity index (χ0) is 24.2. The number of hydrogen-bond acceptors (Lipinski definition) is 5. The minimum absolute atomic E-state index is 0.0900. The van der Waals surface area contributed by atoms with Gasteiger partial charge in [0.05, 0.1) is 23.8 Å². The number of nitrogens with zero attached hydrogens (tertiary/aromatic N) is 1. The lowest BCUT2D eigenvalue weighted by molar-refractivity contribution is -0.112. The van der Waals surface area contributed by atoms with Gasteiger partial charge >= 0.3 is 0 Å². The van der Waals surface area contributed by atoms with Crippen LogP contribution in [0.1, 0.15) is 11.1 Å². The average molecular weight is 672 g/mol. The maximum atomic E-state index is 12.6. The molecule has 0 unspecified atom stereocenters. The third kappa shape index (κ3) is 5.61. The Hall–Kier alpha value is -2.45. The number of carbonyl (C=O) groups excluding carboxylic acids is 1. The van der Waals surface area contributed by atoms with Gasteiger partial charge in [-0.25, -0.2) is 0 Å². The third-order valence-corrected chi connectivity index (χ3v) is 6.93. The van der Waals surface area contributed by atoms with E-state index in [0.717, 1.165) is 9.13 Å². The van der Waals surface area contributed by atoms with Gasteiger partial charge in [-0.3, -0.25) is 4.79 Å². The Labute approximate surface area is 227 Å². The Bertz CT molecular complexity index is 1330. The largest absolute Gasteiger partial charge is 0.487 e. The highest BCUT2D eigenvalue weighted by atomic mass is 127. The fraction of sp³-hybridized carbons (Fsp3) is 0.0833. The molecule has 4 rings (SSSR count). The van der Waals surface area contributed by atoms with Crippen molar-refractivity contribution < 1.29 is 19.0 Å². The van der Waals surface area contributed by atoms with Crippen LogP contribution in [0.2, 0.25) is 10.0 Å². The molecule has 172 valence electrons. The van der Waals surface area contributed by atoms with Crippen LogP contribution in [0, 0.1) is 14.9 Å². The topological polar surface area (TPSA) is 80.6 Å². The van der Waals surface area contributed by atoms with Crippen molar-refractivity contribution in [2.75, 3.05) is 12.1 Å². The zero-order valence-electron chi connectivity index (χ0n) is 17.2. The molecule has 0 aliphatic carbocycles. The number of nitriles is 1. The second-order valence-electron chi connectivity index (χ2n) is 7.02. The lowest BCUT2D eigenvalue weighted by atomic mass is 10.1. The third-order valence-electron chi connectivity index (χ3n) is 4.72. The molecule has 0 fully saturated rings. The lowest BCUT2D eigenvalue weighted by Crippen LogP contribution is -2.13. The maximum absolute atomic E-state index is 12.6. The summed E-state index contributed by atoms with van der Waals surface area (Å²) in [6.45, 7) is 0.541. The number of halogens is 4. The summed E-state index contributed by atoms with van der Waals surface area (Å²) in [6, 6.07) is 16.0. The molecular weight excluding hydrogens is 658 g/mol. The number of amides is 1. The van der Waals surface area contributed by atoms with Gasteiger partial charge in [-0.1, -0.05) is 35.3 Å². The molecule has 3 aromatic carbocycles. The summed E-state index contributed by atoms with van der Waals surface area (Å²) in [4.78, 5) is 12.6. The number of ether oxygens (including phenoxy) is 3. The number of carbonyl (C=O) groups is 1. The number of hydrogen-bond donors (Lipinski definition) is 1. The van der Waals surface area contributed by atoms with E-state index in [1.807, 2.05) is 30.3 Å². The van der Waals surface area contributed by atoms with E-state index in [0.29, 0.717) is 44.6 Å². The van der Waals surface area contributed by atoms with Crippen LogP contribution in [0.25, 0.3) is 6.08 Å². The highest BCUT2D eigenvalue weighted by molar-refractivity contribution is 14.1. The van der Waals surface area contributed by atoms with Gasteiger partial charge in [0.2, 0.25) is 6.79 Å². The Morgan fingerprint density at radius 2 is 2.00 bits per heavy atom. The lowest BCUT2D eigenvalue weighted by Gasteiger charge is -2.12. The van der Waals surface area contributed by atoms with Crippen LogP contribution in [-0.2, 0) is 11.4 Å². The fourth-order valence-corrected chi connectivity index (χ4v) is 5.21. The van der Waals surface area contributed by atoms with Crippen LogP contribution in [-0.4, -0.2) is 12.7 Å². The molecule has 6 nitrogen and oxygen atoms in total. The highest BCUT2D eigenvalue weighted by Crippen LogP contribution is 2.36. The van der Waals surface area contributed by atoms with E-state index in [2.05, 4.69) is 43.8 Å². The smallest absolute Gasteiger partial charge is 0.266 e. The van der Waals surface area contributed by atoms with E-state index >= 15 is 0 Å². The van der Waals surface area contributed by atoms with E-state index in [4.69, 9.17) is 37.4 Å². The van der Waals surface area contributed by atoms with Gasteiger partial charge in [-0.15, -0.1) is 0 Å². The van der Waals surface area contributed by atoms with Gasteiger partial charge in [-0.05, 0) is 92.1 Å². The number of rotatable bonds is 6.